The van der Waals surface area contributed by atoms with Gasteiger partial charge in [-0.25, -0.2) is 4.79 Å². The van der Waals surface area contributed by atoms with Crippen molar-refractivity contribution < 1.29 is 73.2 Å². The molecule has 0 aliphatic heterocycles. The van der Waals surface area contributed by atoms with E-state index in [0.717, 1.165) is 10.9 Å². The average molecular weight is 1370 g/mol. The van der Waals surface area contributed by atoms with E-state index in [2.05, 4.69) is 63.1 Å². The van der Waals surface area contributed by atoms with E-state index in [9.17, 15) is 63.6 Å². The first-order valence-electron chi connectivity index (χ1n) is 31.8. The van der Waals surface area contributed by atoms with Crippen LogP contribution in [0, 0.1) is 16.7 Å². The van der Waals surface area contributed by atoms with Gasteiger partial charge in [0.25, 0.3) is 0 Å². The van der Waals surface area contributed by atoms with Gasteiger partial charge in [0.15, 0.2) is 11.9 Å². The zero-order valence-electron chi connectivity index (χ0n) is 54.4. The third kappa shape index (κ3) is 24.1. The summed E-state index contributed by atoms with van der Waals surface area (Å²) in [5, 5.41) is 82.4. The van der Waals surface area contributed by atoms with Crippen molar-refractivity contribution >= 4 is 98.8 Å². The first kappa shape index (κ1) is 76.2. The second-order valence-corrected chi connectivity index (χ2v) is 24.0. The number of aromatic amines is 2. The SMILES string of the molecule is CC(C)[C@H](NC(=O)[C@H](Cc1ccc(O)cc1)NC(=O)[C@H](CCC(=O)O)NC(=O)[C@H](CCCNC(=N)N)NC(=O)[C@H](Cc1ccc(O)cc1)NC(=O)[C@H](CCCNC(=N)N)NC(=O)[C@H](Cc1c[nH]c2ccccc12)NC(=O)[C@H](CC(N)=O)NC(=O)[C@@H](N)Cc1c[nH]c2ccccc12)C(=O)O. The van der Waals surface area contributed by atoms with Crippen LogP contribution in [0.3, 0.4) is 0 Å². The number of para-hydroxylation sites is 2. The van der Waals surface area contributed by atoms with E-state index in [4.69, 9.17) is 33.8 Å². The number of nitrogens with one attached hydrogen (secondary N) is 14. The third-order valence-electron chi connectivity index (χ3n) is 16.0. The summed E-state index contributed by atoms with van der Waals surface area (Å²) in [6.45, 7) is 3.01. The van der Waals surface area contributed by atoms with Crippen LogP contribution in [0.2, 0.25) is 0 Å². The minimum absolute atomic E-state index is 0.0105. The Hall–Kier alpha value is -11.8. The van der Waals surface area contributed by atoms with Gasteiger partial charge in [0.05, 0.1) is 12.5 Å². The number of benzene rings is 4. The molecule has 0 saturated heterocycles. The Kier molecular flexibility index (Phi) is 28.4. The molecule has 0 aliphatic rings. The molecule has 530 valence electrons. The Morgan fingerprint density at radius 2 is 0.818 bits per heavy atom. The molecule has 99 heavy (non-hydrogen) atoms. The number of phenolic OH excluding ortho intramolecular Hbond substituents is 2. The standard InChI is InChI=1S/C66H86N18O15/c1-34(2)55(64(98)99)84-63(97)50(28-36-17-21-40(86)22-18-36)82-59(93)48(23-24-54(88)89)79-57(91)46(13-7-25-73-65(69)70)77-60(94)49(27-35-15-19-39(85)20-16-35)81-58(92)47(14-8-26-74-66(71)72)78-61(95)51(30-38-33-76-45-12-6-4-10-42(38)45)83-62(96)52(31-53(68)87)80-56(90)43(67)29-37-32-75-44-11-5-3-9-41(37)44/h3-6,9-12,15-22,32-34,43,46-52,55,75-76,85-86H,7-8,13-14,23-31,67H2,1-2H3,(H2,68,87)(H,77,94)(H,78,95)(H,79,91)(H,80,90)(H,81,92)(H,82,93)(H,83,96)(H,84,97)(H,88,89)(H,98,99)(H4,69,70,73)(H4,71,72,74)/t43-,46-,47-,48-,49-,50-,51-,52-,55-/m0/s1. The van der Waals surface area contributed by atoms with Crippen molar-refractivity contribution in [1.82, 2.24) is 63.1 Å². The lowest BCUT2D eigenvalue weighted by atomic mass is 10.0. The van der Waals surface area contributed by atoms with E-state index in [-0.39, 0.29) is 76.0 Å². The molecule has 6 aromatic rings. The van der Waals surface area contributed by atoms with E-state index in [1.807, 2.05) is 24.3 Å². The van der Waals surface area contributed by atoms with Crippen molar-refractivity contribution in [2.24, 2.45) is 28.9 Å². The summed E-state index contributed by atoms with van der Waals surface area (Å²) in [5.41, 5.74) is 26.4. The minimum Gasteiger partial charge on any atom is -0.508 e. The molecule has 33 nitrogen and oxygen atoms in total. The van der Waals surface area contributed by atoms with Gasteiger partial charge in [-0.15, -0.1) is 0 Å². The van der Waals surface area contributed by atoms with Crippen molar-refractivity contribution in [2.75, 3.05) is 13.1 Å². The molecule has 4 aromatic carbocycles. The summed E-state index contributed by atoms with van der Waals surface area (Å²) < 4.78 is 0. The van der Waals surface area contributed by atoms with Crippen LogP contribution in [0.5, 0.6) is 11.5 Å². The number of primary amides is 1. The van der Waals surface area contributed by atoms with Gasteiger partial charge >= 0.3 is 11.9 Å². The van der Waals surface area contributed by atoms with Crippen molar-refractivity contribution in [2.45, 2.75) is 139 Å². The van der Waals surface area contributed by atoms with Crippen LogP contribution < -0.4 is 76.1 Å². The number of guanidine groups is 2. The zero-order chi connectivity index (χ0) is 72.5. The molecule has 0 bridgehead atoms. The number of fused-ring (bicyclic) bond motifs is 2. The van der Waals surface area contributed by atoms with Crippen LogP contribution in [0.25, 0.3) is 21.8 Å². The van der Waals surface area contributed by atoms with Crippen LogP contribution in [0.1, 0.15) is 81.0 Å². The summed E-state index contributed by atoms with van der Waals surface area (Å²) in [6.07, 6.45) is -0.196. The smallest absolute Gasteiger partial charge is 0.326 e. The summed E-state index contributed by atoms with van der Waals surface area (Å²) in [6, 6.07) is 11.1. The first-order chi connectivity index (χ1) is 47.0. The summed E-state index contributed by atoms with van der Waals surface area (Å²) in [7, 11) is 0. The fourth-order valence-electron chi connectivity index (χ4n) is 10.7. The van der Waals surface area contributed by atoms with Crippen LogP contribution >= 0.6 is 0 Å². The van der Waals surface area contributed by atoms with Gasteiger partial charge in [-0.1, -0.05) is 74.5 Å². The lowest BCUT2D eigenvalue weighted by Gasteiger charge is -2.28. The Bertz CT molecular complexity index is 3860. The van der Waals surface area contributed by atoms with Gasteiger partial charge < -0.3 is 106 Å². The number of carbonyl (C=O) groups is 11. The largest absolute Gasteiger partial charge is 0.508 e. The number of carbonyl (C=O) groups excluding carboxylic acids is 9. The van der Waals surface area contributed by atoms with Gasteiger partial charge in [-0.05, 0) is 103 Å². The van der Waals surface area contributed by atoms with Crippen LogP contribution in [-0.4, -0.2) is 175 Å². The van der Waals surface area contributed by atoms with E-state index in [0.29, 0.717) is 33.2 Å². The molecule has 26 N–H and O–H groups in total. The second kappa shape index (κ2) is 36.9. The van der Waals surface area contributed by atoms with Gasteiger partial charge in [0, 0.05) is 73.0 Å². The number of hydrogen-bond acceptors (Lipinski definition) is 16. The number of amides is 9. The number of hydrogen-bond donors (Lipinski definition) is 22. The molecule has 0 spiro atoms. The Balaban J connectivity index is 1.31. The number of carboxylic acids is 2. The highest BCUT2D eigenvalue weighted by molar-refractivity contribution is 6.00. The van der Waals surface area contributed by atoms with E-state index >= 15 is 9.59 Å². The summed E-state index contributed by atoms with van der Waals surface area (Å²) >= 11 is 0. The quantitative estimate of drug-likeness (QED) is 0.0119. The molecule has 0 saturated carbocycles. The lowest BCUT2D eigenvalue weighted by molar-refractivity contribution is -0.143. The third-order valence-corrected chi connectivity index (χ3v) is 16.0. The molecule has 0 aliphatic carbocycles. The molecular weight excluding hydrogens is 1280 g/mol. The topological polar surface area (TPSA) is 572 Å². The fourth-order valence-corrected chi connectivity index (χ4v) is 10.7. The van der Waals surface area contributed by atoms with Gasteiger partial charge in [0.1, 0.15) is 59.8 Å². The van der Waals surface area contributed by atoms with Gasteiger partial charge in [-0.3, -0.25) is 58.8 Å². The molecule has 33 heteroatoms. The number of H-pyrrole nitrogens is 2. The molecule has 9 amide bonds. The van der Waals surface area contributed by atoms with Crippen LogP contribution in [0.4, 0.5) is 0 Å². The predicted molar refractivity (Wildman–Crippen MR) is 363 cm³/mol. The lowest BCUT2D eigenvalue weighted by Crippen LogP contribution is -2.61. The molecule has 2 aromatic heterocycles. The predicted octanol–water partition coefficient (Wildman–Crippen LogP) is -1.46. The number of rotatable bonds is 39. The highest BCUT2D eigenvalue weighted by Gasteiger charge is 2.37. The Labute approximate surface area is 567 Å². The molecule has 6 rings (SSSR count). The molecule has 0 unspecified atom stereocenters. The van der Waals surface area contributed by atoms with Crippen LogP contribution in [-0.2, 0) is 78.4 Å². The number of nitrogens with two attached hydrogens (primary N) is 4. The molecule has 9 atom stereocenters. The number of phenols is 2. The van der Waals surface area contributed by atoms with Crippen molar-refractivity contribution in [3.05, 3.63) is 132 Å². The maximum absolute atomic E-state index is 15.0. The van der Waals surface area contributed by atoms with Crippen molar-refractivity contribution in [3.8, 4) is 11.5 Å². The highest BCUT2D eigenvalue weighted by Crippen LogP contribution is 2.22. The van der Waals surface area contributed by atoms with Crippen molar-refractivity contribution in [1.29, 1.82) is 10.8 Å². The molecule has 0 radical (unpaired) electrons. The molecular formula is C66H86N18O15. The van der Waals surface area contributed by atoms with Gasteiger partial charge in [-0.2, -0.15) is 0 Å². The number of carboxylic acid groups (broad SMARTS) is 2. The molecule has 0 fully saturated rings. The zero-order valence-corrected chi connectivity index (χ0v) is 54.4. The number of aromatic nitrogens is 2. The highest BCUT2D eigenvalue weighted by atomic mass is 16.4. The summed E-state index contributed by atoms with van der Waals surface area (Å²) in [4.78, 5) is 159. The maximum atomic E-state index is 15.0. The fraction of sp³-hybridized carbons (Fsp3) is 0.379. The second-order valence-electron chi connectivity index (χ2n) is 24.0. The average Bonchev–Trinajstić information content (AvgIpc) is 1.72. The van der Waals surface area contributed by atoms with Gasteiger partial charge in [0.2, 0.25) is 53.2 Å². The number of aliphatic carboxylic acids is 2. The first-order valence-corrected chi connectivity index (χ1v) is 31.8. The Morgan fingerprint density at radius 1 is 0.455 bits per heavy atom. The van der Waals surface area contributed by atoms with Crippen LogP contribution in [0.15, 0.2) is 109 Å². The van der Waals surface area contributed by atoms with E-state index in [1.54, 1.807) is 36.7 Å². The summed E-state index contributed by atoms with van der Waals surface area (Å²) in [5.74, 6) is -13.7. The number of aromatic hydroxyl groups is 2. The monoisotopic (exact) mass is 1370 g/mol. The molecule has 2 heterocycles. The normalized spacial score (nSPS) is 13.9. The Morgan fingerprint density at radius 3 is 1.22 bits per heavy atom. The van der Waals surface area contributed by atoms with E-state index in [1.165, 1.54) is 62.4 Å². The van der Waals surface area contributed by atoms with Crippen molar-refractivity contribution in [3.63, 3.8) is 0 Å². The van der Waals surface area contributed by atoms with E-state index < -0.39 is 157 Å². The minimum atomic E-state index is -1.76. The maximum Gasteiger partial charge on any atom is 0.326 e.